The van der Waals surface area contributed by atoms with E-state index in [1.165, 1.54) is 12.1 Å². The number of alkyl halides is 3. The molecule has 2 rings (SSSR count). The first-order valence-electron chi connectivity index (χ1n) is 5.60. The standard InChI is InChI=1S/C14H9ClF3NO/c15-11-4-6-12(7-5-11)19-13(20)9-2-1-3-10(8-9)14(16,17)18/h1-8H,(H,19,20). The summed E-state index contributed by atoms with van der Waals surface area (Å²) in [4.78, 5) is 11.9. The lowest BCUT2D eigenvalue weighted by molar-refractivity contribution is -0.137. The maximum absolute atomic E-state index is 12.6. The molecule has 104 valence electrons. The van der Waals surface area contributed by atoms with Gasteiger partial charge in [0.2, 0.25) is 0 Å². The minimum Gasteiger partial charge on any atom is -0.322 e. The van der Waals surface area contributed by atoms with E-state index < -0.39 is 17.6 Å². The van der Waals surface area contributed by atoms with Crippen LogP contribution in [-0.2, 0) is 6.18 Å². The van der Waals surface area contributed by atoms with Crippen molar-refractivity contribution < 1.29 is 18.0 Å². The van der Waals surface area contributed by atoms with E-state index in [0.29, 0.717) is 10.7 Å². The lowest BCUT2D eigenvalue weighted by Gasteiger charge is -2.09. The van der Waals surface area contributed by atoms with Gasteiger partial charge >= 0.3 is 6.18 Å². The summed E-state index contributed by atoms with van der Waals surface area (Å²) in [7, 11) is 0. The lowest BCUT2D eigenvalue weighted by atomic mass is 10.1. The highest BCUT2D eigenvalue weighted by atomic mass is 35.5. The van der Waals surface area contributed by atoms with Crippen LogP contribution >= 0.6 is 11.6 Å². The number of carbonyl (C=O) groups is 1. The Morgan fingerprint density at radius 3 is 2.30 bits per heavy atom. The van der Waals surface area contributed by atoms with Crippen LogP contribution in [0.3, 0.4) is 0 Å². The Kier molecular flexibility index (Phi) is 3.99. The normalized spacial score (nSPS) is 11.2. The van der Waals surface area contributed by atoms with Crippen LogP contribution in [0.25, 0.3) is 0 Å². The van der Waals surface area contributed by atoms with Crippen LogP contribution < -0.4 is 5.32 Å². The molecule has 2 aromatic carbocycles. The molecule has 1 amide bonds. The Morgan fingerprint density at radius 1 is 1.05 bits per heavy atom. The lowest BCUT2D eigenvalue weighted by Crippen LogP contribution is -2.13. The SMILES string of the molecule is O=C(Nc1ccc(Cl)cc1)c1cccc(C(F)(F)F)c1. The zero-order valence-electron chi connectivity index (χ0n) is 10.0. The van der Waals surface area contributed by atoms with Crippen molar-refractivity contribution >= 4 is 23.2 Å². The molecule has 0 heterocycles. The molecule has 2 nitrogen and oxygen atoms in total. The zero-order valence-corrected chi connectivity index (χ0v) is 10.8. The minimum absolute atomic E-state index is 0.0604. The van der Waals surface area contributed by atoms with E-state index in [1.54, 1.807) is 24.3 Å². The summed E-state index contributed by atoms with van der Waals surface area (Å²) in [6.07, 6.45) is -4.48. The van der Waals surface area contributed by atoms with Crippen LogP contribution in [0.4, 0.5) is 18.9 Å². The number of rotatable bonds is 2. The molecule has 0 fully saturated rings. The summed E-state index contributed by atoms with van der Waals surface area (Å²) in [5, 5.41) is 3.00. The average Bonchev–Trinajstić information content (AvgIpc) is 2.40. The number of nitrogens with one attached hydrogen (secondary N) is 1. The highest BCUT2D eigenvalue weighted by Crippen LogP contribution is 2.29. The van der Waals surface area contributed by atoms with Crippen molar-refractivity contribution in [2.75, 3.05) is 5.32 Å². The third-order valence-electron chi connectivity index (χ3n) is 2.55. The van der Waals surface area contributed by atoms with Gasteiger partial charge in [0, 0.05) is 16.3 Å². The number of hydrogen-bond donors (Lipinski definition) is 1. The van der Waals surface area contributed by atoms with Crippen molar-refractivity contribution in [3.8, 4) is 0 Å². The largest absolute Gasteiger partial charge is 0.416 e. The smallest absolute Gasteiger partial charge is 0.322 e. The van der Waals surface area contributed by atoms with Gasteiger partial charge in [-0.15, -0.1) is 0 Å². The molecule has 0 aliphatic carbocycles. The Balaban J connectivity index is 2.19. The van der Waals surface area contributed by atoms with Gasteiger partial charge in [-0.2, -0.15) is 13.2 Å². The molecule has 0 aromatic heterocycles. The number of hydrogen-bond acceptors (Lipinski definition) is 1. The topological polar surface area (TPSA) is 29.1 Å². The quantitative estimate of drug-likeness (QED) is 0.862. The summed E-state index contributed by atoms with van der Waals surface area (Å²) in [5.74, 6) is -0.613. The predicted octanol–water partition coefficient (Wildman–Crippen LogP) is 4.61. The Bertz CT molecular complexity index is 623. The van der Waals surface area contributed by atoms with Gasteiger partial charge in [-0.3, -0.25) is 4.79 Å². The monoisotopic (exact) mass is 299 g/mol. The first-order valence-corrected chi connectivity index (χ1v) is 5.98. The molecule has 0 atom stereocenters. The number of halogens is 4. The van der Waals surface area contributed by atoms with Gasteiger partial charge in [0.05, 0.1) is 5.56 Å². The summed E-state index contributed by atoms with van der Waals surface area (Å²) in [6.45, 7) is 0. The van der Waals surface area contributed by atoms with E-state index in [4.69, 9.17) is 11.6 Å². The number of anilines is 1. The number of carbonyl (C=O) groups excluding carboxylic acids is 1. The molecule has 2 aromatic rings. The van der Waals surface area contributed by atoms with Crippen LogP contribution in [-0.4, -0.2) is 5.91 Å². The van der Waals surface area contributed by atoms with Crippen LogP contribution in [0.15, 0.2) is 48.5 Å². The first kappa shape index (κ1) is 14.4. The molecule has 0 aliphatic heterocycles. The zero-order chi connectivity index (χ0) is 14.8. The second kappa shape index (κ2) is 5.54. The maximum Gasteiger partial charge on any atom is 0.416 e. The van der Waals surface area contributed by atoms with Crippen LogP contribution in [0.1, 0.15) is 15.9 Å². The van der Waals surface area contributed by atoms with Crippen molar-refractivity contribution in [1.82, 2.24) is 0 Å². The maximum atomic E-state index is 12.6. The van der Waals surface area contributed by atoms with Crippen molar-refractivity contribution in [1.29, 1.82) is 0 Å². The molecule has 1 N–H and O–H groups in total. The highest BCUT2D eigenvalue weighted by Gasteiger charge is 2.30. The molecular formula is C14H9ClF3NO. The second-order valence-corrected chi connectivity index (χ2v) is 4.48. The van der Waals surface area contributed by atoms with Gasteiger partial charge in [0.15, 0.2) is 0 Å². The van der Waals surface area contributed by atoms with Crippen LogP contribution in [0.5, 0.6) is 0 Å². The van der Waals surface area contributed by atoms with E-state index in [9.17, 15) is 18.0 Å². The molecule has 0 bridgehead atoms. The molecule has 0 spiro atoms. The van der Waals surface area contributed by atoms with Crippen molar-refractivity contribution in [2.24, 2.45) is 0 Å². The summed E-state index contributed by atoms with van der Waals surface area (Å²) in [5.41, 5.74) is -0.465. The molecule has 0 unspecified atom stereocenters. The predicted molar refractivity (Wildman–Crippen MR) is 70.8 cm³/mol. The van der Waals surface area contributed by atoms with E-state index >= 15 is 0 Å². The molecular weight excluding hydrogens is 291 g/mol. The van der Waals surface area contributed by atoms with Gasteiger partial charge in [-0.05, 0) is 42.5 Å². The Labute approximate surface area is 118 Å². The van der Waals surface area contributed by atoms with E-state index in [1.807, 2.05) is 0 Å². The molecule has 0 saturated heterocycles. The number of benzene rings is 2. The average molecular weight is 300 g/mol. The fourth-order valence-corrected chi connectivity index (χ4v) is 1.70. The van der Waals surface area contributed by atoms with Gasteiger partial charge in [0.25, 0.3) is 5.91 Å². The molecule has 6 heteroatoms. The van der Waals surface area contributed by atoms with Crippen LogP contribution in [0, 0.1) is 0 Å². The summed E-state index contributed by atoms with van der Waals surface area (Å²) in [6, 6.07) is 10.5. The van der Waals surface area contributed by atoms with E-state index in [-0.39, 0.29) is 5.56 Å². The fourth-order valence-electron chi connectivity index (χ4n) is 1.57. The molecule has 0 radical (unpaired) electrons. The summed E-state index contributed by atoms with van der Waals surface area (Å²) >= 11 is 5.70. The number of amides is 1. The van der Waals surface area contributed by atoms with Crippen LogP contribution in [0.2, 0.25) is 5.02 Å². The van der Waals surface area contributed by atoms with Gasteiger partial charge in [-0.1, -0.05) is 17.7 Å². The molecule has 0 saturated carbocycles. The molecule has 0 aliphatic rings. The van der Waals surface area contributed by atoms with Gasteiger partial charge < -0.3 is 5.32 Å². The first-order chi connectivity index (χ1) is 9.36. The Hall–Kier alpha value is -2.01. The fraction of sp³-hybridized carbons (Fsp3) is 0.0714. The minimum atomic E-state index is -4.48. The van der Waals surface area contributed by atoms with Crippen molar-refractivity contribution in [3.05, 3.63) is 64.7 Å². The van der Waals surface area contributed by atoms with Crippen molar-refractivity contribution in [3.63, 3.8) is 0 Å². The molecule has 20 heavy (non-hydrogen) atoms. The second-order valence-electron chi connectivity index (χ2n) is 4.04. The van der Waals surface area contributed by atoms with Gasteiger partial charge in [-0.25, -0.2) is 0 Å². The highest BCUT2D eigenvalue weighted by molar-refractivity contribution is 6.30. The third-order valence-corrected chi connectivity index (χ3v) is 2.81. The third kappa shape index (κ3) is 3.51. The van der Waals surface area contributed by atoms with E-state index in [2.05, 4.69) is 5.32 Å². The van der Waals surface area contributed by atoms with Crippen molar-refractivity contribution in [2.45, 2.75) is 6.18 Å². The van der Waals surface area contributed by atoms with Gasteiger partial charge in [0.1, 0.15) is 0 Å². The summed E-state index contributed by atoms with van der Waals surface area (Å²) < 4.78 is 37.7. The Morgan fingerprint density at radius 2 is 1.70 bits per heavy atom. The van der Waals surface area contributed by atoms with E-state index in [0.717, 1.165) is 12.1 Å².